The van der Waals surface area contributed by atoms with Gasteiger partial charge in [0.2, 0.25) is 0 Å². The van der Waals surface area contributed by atoms with Gasteiger partial charge >= 0.3 is 0 Å². The zero-order valence-corrected chi connectivity index (χ0v) is 10.5. The smallest absolute Gasteiger partial charge is 0.127 e. The molecule has 2 rings (SSSR count). The standard InChI is InChI=1S/C14H21FN2/c1-11-4-5-14(15)13(7-11)10-17-6-2-3-12(8-16)9-17/h4-5,7,12H,2-3,6,8-10,16H2,1H3. The molecule has 1 saturated heterocycles. The van der Waals surface area contributed by atoms with E-state index >= 15 is 0 Å². The van der Waals surface area contributed by atoms with Crippen molar-refractivity contribution in [1.29, 1.82) is 0 Å². The molecule has 2 N–H and O–H groups in total. The molecule has 1 aliphatic rings. The fourth-order valence-corrected chi connectivity index (χ4v) is 2.55. The summed E-state index contributed by atoms with van der Waals surface area (Å²) in [5, 5.41) is 0. The number of hydrogen-bond acceptors (Lipinski definition) is 2. The minimum atomic E-state index is -0.0922. The maximum Gasteiger partial charge on any atom is 0.127 e. The fourth-order valence-electron chi connectivity index (χ4n) is 2.55. The molecule has 94 valence electrons. The van der Waals surface area contributed by atoms with Crippen LogP contribution < -0.4 is 5.73 Å². The van der Waals surface area contributed by atoms with Crippen LogP contribution in [0.15, 0.2) is 18.2 Å². The van der Waals surface area contributed by atoms with Gasteiger partial charge in [-0.1, -0.05) is 17.7 Å². The zero-order chi connectivity index (χ0) is 12.3. The van der Waals surface area contributed by atoms with E-state index in [2.05, 4.69) is 4.90 Å². The Labute approximate surface area is 103 Å². The Hall–Kier alpha value is -0.930. The number of halogens is 1. The highest BCUT2D eigenvalue weighted by atomic mass is 19.1. The normalized spacial score (nSPS) is 21.7. The van der Waals surface area contributed by atoms with Crippen LogP contribution in [0.3, 0.4) is 0 Å². The molecule has 17 heavy (non-hydrogen) atoms. The third-order valence-electron chi connectivity index (χ3n) is 3.53. The van der Waals surface area contributed by atoms with Crippen molar-refractivity contribution in [3.05, 3.63) is 35.1 Å². The summed E-state index contributed by atoms with van der Waals surface area (Å²) in [5.74, 6) is 0.488. The van der Waals surface area contributed by atoms with E-state index in [-0.39, 0.29) is 5.82 Å². The van der Waals surface area contributed by atoms with Crippen molar-refractivity contribution in [2.75, 3.05) is 19.6 Å². The van der Waals surface area contributed by atoms with Gasteiger partial charge in [0.1, 0.15) is 5.82 Å². The van der Waals surface area contributed by atoms with Crippen molar-refractivity contribution in [3.8, 4) is 0 Å². The summed E-state index contributed by atoms with van der Waals surface area (Å²) in [6, 6.07) is 5.33. The highest BCUT2D eigenvalue weighted by molar-refractivity contribution is 5.24. The average Bonchev–Trinajstić information content (AvgIpc) is 2.34. The van der Waals surface area contributed by atoms with E-state index in [0.29, 0.717) is 12.5 Å². The molecular formula is C14H21FN2. The van der Waals surface area contributed by atoms with Crippen molar-refractivity contribution in [2.24, 2.45) is 11.7 Å². The first-order chi connectivity index (χ1) is 8.19. The van der Waals surface area contributed by atoms with E-state index in [1.807, 2.05) is 19.1 Å². The van der Waals surface area contributed by atoms with Gasteiger partial charge in [0.25, 0.3) is 0 Å². The summed E-state index contributed by atoms with van der Waals surface area (Å²) in [5.41, 5.74) is 7.64. The number of piperidine rings is 1. The number of aryl methyl sites for hydroxylation is 1. The molecule has 1 fully saturated rings. The largest absolute Gasteiger partial charge is 0.330 e. The molecule has 1 aromatic rings. The number of hydrogen-bond donors (Lipinski definition) is 1. The van der Waals surface area contributed by atoms with Crippen molar-refractivity contribution in [3.63, 3.8) is 0 Å². The molecule has 2 nitrogen and oxygen atoms in total. The summed E-state index contributed by atoms with van der Waals surface area (Å²) in [7, 11) is 0. The van der Waals surface area contributed by atoms with Crippen LogP contribution in [0, 0.1) is 18.7 Å². The summed E-state index contributed by atoms with van der Waals surface area (Å²) < 4.78 is 13.7. The summed E-state index contributed by atoms with van der Waals surface area (Å²) in [4.78, 5) is 2.32. The first kappa shape index (κ1) is 12.5. The first-order valence-corrected chi connectivity index (χ1v) is 6.36. The van der Waals surface area contributed by atoms with Crippen molar-refractivity contribution >= 4 is 0 Å². The molecule has 1 unspecified atom stereocenters. The minimum Gasteiger partial charge on any atom is -0.330 e. The Morgan fingerprint density at radius 2 is 2.29 bits per heavy atom. The van der Waals surface area contributed by atoms with Gasteiger partial charge in [-0.05, 0) is 44.8 Å². The van der Waals surface area contributed by atoms with Gasteiger partial charge in [-0.15, -0.1) is 0 Å². The molecule has 1 heterocycles. The second kappa shape index (κ2) is 5.61. The molecule has 1 atom stereocenters. The first-order valence-electron chi connectivity index (χ1n) is 6.36. The van der Waals surface area contributed by atoms with Crippen LogP contribution in [0.2, 0.25) is 0 Å². The van der Waals surface area contributed by atoms with Gasteiger partial charge < -0.3 is 5.73 Å². The lowest BCUT2D eigenvalue weighted by Crippen LogP contribution is -2.38. The van der Waals surface area contributed by atoms with Gasteiger partial charge in [0.15, 0.2) is 0 Å². The third-order valence-corrected chi connectivity index (χ3v) is 3.53. The Morgan fingerprint density at radius 3 is 3.06 bits per heavy atom. The van der Waals surface area contributed by atoms with Gasteiger partial charge in [-0.25, -0.2) is 4.39 Å². The molecular weight excluding hydrogens is 215 g/mol. The van der Waals surface area contributed by atoms with Crippen LogP contribution in [0.1, 0.15) is 24.0 Å². The highest BCUT2D eigenvalue weighted by Crippen LogP contribution is 2.19. The van der Waals surface area contributed by atoms with E-state index < -0.39 is 0 Å². The Kier molecular flexibility index (Phi) is 4.13. The Bertz CT molecular complexity index is 378. The zero-order valence-electron chi connectivity index (χ0n) is 10.5. The monoisotopic (exact) mass is 236 g/mol. The van der Waals surface area contributed by atoms with Crippen LogP contribution in [0.4, 0.5) is 4.39 Å². The molecule has 0 spiro atoms. The average molecular weight is 236 g/mol. The molecule has 1 aromatic carbocycles. The van der Waals surface area contributed by atoms with Gasteiger partial charge in [-0.2, -0.15) is 0 Å². The molecule has 0 amide bonds. The summed E-state index contributed by atoms with van der Waals surface area (Å²) in [6.45, 7) is 5.52. The lowest BCUT2D eigenvalue weighted by molar-refractivity contribution is 0.169. The molecule has 0 bridgehead atoms. The fraction of sp³-hybridized carbons (Fsp3) is 0.571. The molecule has 0 aliphatic carbocycles. The summed E-state index contributed by atoms with van der Waals surface area (Å²) in [6.07, 6.45) is 2.39. The van der Waals surface area contributed by atoms with Crippen LogP contribution in [-0.2, 0) is 6.54 Å². The lowest BCUT2D eigenvalue weighted by Gasteiger charge is -2.32. The predicted octanol–water partition coefficient (Wildman–Crippen LogP) is 2.30. The van der Waals surface area contributed by atoms with E-state index in [4.69, 9.17) is 5.73 Å². The molecule has 1 aliphatic heterocycles. The molecule has 0 radical (unpaired) electrons. The number of benzene rings is 1. The lowest BCUT2D eigenvalue weighted by atomic mass is 9.97. The van der Waals surface area contributed by atoms with Gasteiger partial charge in [0.05, 0.1) is 0 Å². The van der Waals surface area contributed by atoms with Crippen LogP contribution in [-0.4, -0.2) is 24.5 Å². The maximum absolute atomic E-state index is 13.7. The topological polar surface area (TPSA) is 29.3 Å². The van der Waals surface area contributed by atoms with Gasteiger partial charge in [0, 0.05) is 18.7 Å². The second-order valence-corrected chi connectivity index (χ2v) is 5.07. The molecule has 0 aromatic heterocycles. The quantitative estimate of drug-likeness (QED) is 0.872. The Balaban J connectivity index is 2.02. The molecule has 0 saturated carbocycles. The third kappa shape index (κ3) is 3.27. The minimum absolute atomic E-state index is 0.0922. The van der Waals surface area contributed by atoms with E-state index in [1.54, 1.807) is 6.07 Å². The Morgan fingerprint density at radius 1 is 1.47 bits per heavy atom. The van der Waals surface area contributed by atoms with Crippen LogP contribution in [0.5, 0.6) is 0 Å². The van der Waals surface area contributed by atoms with Gasteiger partial charge in [-0.3, -0.25) is 4.90 Å². The number of nitrogens with zero attached hydrogens (tertiary/aromatic N) is 1. The number of rotatable bonds is 3. The van der Waals surface area contributed by atoms with E-state index in [9.17, 15) is 4.39 Å². The van der Waals surface area contributed by atoms with E-state index in [0.717, 1.165) is 30.8 Å². The maximum atomic E-state index is 13.7. The van der Waals surface area contributed by atoms with Crippen molar-refractivity contribution in [2.45, 2.75) is 26.3 Å². The number of likely N-dealkylation sites (tertiary alicyclic amines) is 1. The van der Waals surface area contributed by atoms with Crippen molar-refractivity contribution in [1.82, 2.24) is 4.90 Å². The molecule has 3 heteroatoms. The number of nitrogens with two attached hydrogens (primary N) is 1. The highest BCUT2D eigenvalue weighted by Gasteiger charge is 2.19. The van der Waals surface area contributed by atoms with E-state index in [1.165, 1.54) is 12.8 Å². The SMILES string of the molecule is Cc1ccc(F)c(CN2CCCC(CN)C2)c1. The van der Waals surface area contributed by atoms with Crippen LogP contribution in [0.25, 0.3) is 0 Å². The van der Waals surface area contributed by atoms with Crippen molar-refractivity contribution < 1.29 is 4.39 Å². The second-order valence-electron chi connectivity index (χ2n) is 5.07. The summed E-state index contributed by atoms with van der Waals surface area (Å²) >= 11 is 0. The predicted molar refractivity (Wildman–Crippen MR) is 68.2 cm³/mol. The van der Waals surface area contributed by atoms with Crippen LogP contribution >= 0.6 is 0 Å².